The molecule has 7 heteroatoms. The number of rotatable bonds is 5. The van der Waals surface area contributed by atoms with Gasteiger partial charge in [-0.05, 0) is 45.2 Å². The van der Waals surface area contributed by atoms with Crippen molar-refractivity contribution in [2.75, 3.05) is 13.7 Å². The third-order valence-electron chi connectivity index (χ3n) is 3.85. The molecule has 1 saturated heterocycles. The summed E-state index contributed by atoms with van der Waals surface area (Å²) in [5.74, 6) is 0. The van der Waals surface area contributed by atoms with Gasteiger partial charge in [0.2, 0.25) is 10.0 Å². The predicted octanol–water partition coefficient (Wildman–Crippen LogP) is 1.62. The lowest BCUT2D eigenvalue weighted by Gasteiger charge is -2.28. The number of sulfonamides is 1. The van der Waals surface area contributed by atoms with E-state index in [1.165, 1.54) is 11.3 Å². The number of hydrogen-bond donors (Lipinski definition) is 2. The van der Waals surface area contributed by atoms with Crippen molar-refractivity contribution in [1.29, 1.82) is 0 Å². The van der Waals surface area contributed by atoms with E-state index in [1.54, 1.807) is 0 Å². The van der Waals surface area contributed by atoms with E-state index in [0.717, 1.165) is 10.4 Å². The monoisotopic (exact) mass is 318 g/mol. The minimum absolute atomic E-state index is 0.121. The van der Waals surface area contributed by atoms with Crippen molar-refractivity contribution in [3.63, 3.8) is 0 Å². The van der Waals surface area contributed by atoms with E-state index in [0.29, 0.717) is 24.5 Å². The van der Waals surface area contributed by atoms with Crippen molar-refractivity contribution in [2.45, 2.75) is 50.3 Å². The maximum Gasteiger partial charge on any atom is 0.242 e. The molecule has 1 aliphatic rings. The smallest absolute Gasteiger partial charge is 0.242 e. The van der Waals surface area contributed by atoms with E-state index >= 15 is 0 Å². The molecule has 0 bridgehead atoms. The SMILES string of the molecule is CNCc1scc(C)c1S(=O)(=O)NC1(C)CCOC1C. The van der Waals surface area contributed by atoms with Crippen LogP contribution in [0.1, 0.15) is 30.7 Å². The van der Waals surface area contributed by atoms with Crippen LogP contribution in [0.2, 0.25) is 0 Å². The van der Waals surface area contributed by atoms with Crippen LogP contribution in [-0.2, 0) is 21.3 Å². The Morgan fingerprint density at radius 1 is 1.55 bits per heavy atom. The van der Waals surface area contributed by atoms with Gasteiger partial charge in [0.05, 0.1) is 11.6 Å². The number of ether oxygens (including phenoxy) is 1. The second-order valence-electron chi connectivity index (χ2n) is 5.49. The maximum atomic E-state index is 12.7. The van der Waals surface area contributed by atoms with Gasteiger partial charge in [-0.2, -0.15) is 0 Å². The van der Waals surface area contributed by atoms with Crippen LogP contribution in [-0.4, -0.2) is 33.7 Å². The van der Waals surface area contributed by atoms with Crippen molar-refractivity contribution in [3.05, 3.63) is 15.8 Å². The fraction of sp³-hybridized carbons (Fsp3) is 0.692. The average Bonchev–Trinajstić information content (AvgIpc) is 2.84. The molecule has 2 N–H and O–H groups in total. The zero-order chi connectivity index (χ0) is 15.0. The second kappa shape index (κ2) is 5.73. The normalized spacial score (nSPS) is 27.1. The lowest BCUT2D eigenvalue weighted by molar-refractivity contribution is 0.0957. The summed E-state index contributed by atoms with van der Waals surface area (Å²) in [4.78, 5) is 1.25. The van der Waals surface area contributed by atoms with Crippen molar-refractivity contribution in [1.82, 2.24) is 10.0 Å². The molecule has 114 valence electrons. The van der Waals surface area contributed by atoms with E-state index < -0.39 is 15.6 Å². The molecular formula is C13H22N2O3S2. The number of hydrogen-bond acceptors (Lipinski definition) is 5. The largest absolute Gasteiger partial charge is 0.376 e. The van der Waals surface area contributed by atoms with Crippen molar-refractivity contribution in [3.8, 4) is 0 Å². The predicted molar refractivity (Wildman–Crippen MR) is 80.6 cm³/mol. The van der Waals surface area contributed by atoms with E-state index in [9.17, 15) is 8.42 Å². The molecule has 20 heavy (non-hydrogen) atoms. The maximum absolute atomic E-state index is 12.7. The van der Waals surface area contributed by atoms with Gasteiger partial charge in [0.1, 0.15) is 4.90 Å². The molecule has 2 unspecified atom stereocenters. The van der Waals surface area contributed by atoms with Crippen LogP contribution >= 0.6 is 11.3 Å². The van der Waals surface area contributed by atoms with E-state index in [-0.39, 0.29) is 6.10 Å². The van der Waals surface area contributed by atoms with E-state index in [4.69, 9.17) is 4.74 Å². The van der Waals surface area contributed by atoms with Crippen molar-refractivity contribution in [2.24, 2.45) is 0 Å². The van der Waals surface area contributed by atoms with Gasteiger partial charge in [-0.3, -0.25) is 0 Å². The third kappa shape index (κ3) is 2.92. The van der Waals surface area contributed by atoms with Gasteiger partial charge in [-0.15, -0.1) is 11.3 Å². The summed E-state index contributed by atoms with van der Waals surface area (Å²) in [6.45, 7) is 6.79. The minimum atomic E-state index is -3.53. The van der Waals surface area contributed by atoms with Crippen molar-refractivity contribution >= 4 is 21.4 Å². The number of nitrogens with one attached hydrogen (secondary N) is 2. The van der Waals surface area contributed by atoms with Gasteiger partial charge in [0.15, 0.2) is 0 Å². The van der Waals surface area contributed by atoms with E-state index in [2.05, 4.69) is 10.0 Å². The molecule has 0 spiro atoms. The van der Waals surface area contributed by atoms with Crippen LogP contribution < -0.4 is 10.0 Å². The Hall–Kier alpha value is -0.470. The molecule has 1 aliphatic heterocycles. The second-order valence-corrected chi connectivity index (χ2v) is 8.07. The third-order valence-corrected chi connectivity index (χ3v) is 6.92. The summed E-state index contributed by atoms with van der Waals surface area (Å²) in [7, 11) is -1.72. The van der Waals surface area contributed by atoms with Gasteiger partial charge in [0, 0.05) is 18.0 Å². The lowest BCUT2D eigenvalue weighted by atomic mass is 9.97. The van der Waals surface area contributed by atoms with Crippen LogP contribution in [0, 0.1) is 6.92 Å². The van der Waals surface area contributed by atoms with Gasteiger partial charge in [-0.25, -0.2) is 13.1 Å². The molecule has 0 saturated carbocycles. The lowest BCUT2D eigenvalue weighted by Crippen LogP contribution is -2.50. The summed E-state index contributed by atoms with van der Waals surface area (Å²) in [5.41, 5.74) is 0.257. The molecular weight excluding hydrogens is 296 g/mol. The first-order valence-electron chi connectivity index (χ1n) is 6.67. The Morgan fingerprint density at radius 3 is 2.80 bits per heavy atom. The summed E-state index contributed by atoms with van der Waals surface area (Å²) in [5, 5.41) is 4.90. The zero-order valence-corrected chi connectivity index (χ0v) is 14.0. The minimum Gasteiger partial charge on any atom is -0.376 e. The fourth-order valence-corrected chi connectivity index (χ4v) is 5.78. The molecule has 2 heterocycles. The first kappa shape index (κ1) is 15.9. The quantitative estimate of drug-likeness (QED) is 0.866. The molecule has 0 aliphatic carbocycles. The zero-order valence-electron chi connectivity index (χ0n) is 12.3. The molecule has 5 nitrogen and oxygen atoms in total. The molecule has 1 aromatic heterocycles. The highest BCUT2D eigenvalue weighted by atomic mass is 32.2. The van der Waals surface area contributed by atoms with Crippen LogP contribution in [0.15, 0.2) is 10.3 Å². The first-order chi connectivity index (χ1) is 9.30. The van der Waals surface area contributed by atoms with E-state index in [1.807, 2.05) is 33.2 Å². The van der Waals surface area contributed by atoms with Crippen LogP contribution in [0.5, 0.6) is 0 Å². The molecule has 2 rings (SSSR count). The fourth-order valence-electron chi connectivity index (χ4n) is 2.46. The Morgan fingerprint density at radius 2 is 2.25 bits per heavy atom. The highest BCUT2D eigenvalue weighted by molar-refractivity contribution is 7.89. The molecule has 0 aromatic carbocycles. The topological polar surface area (TPSA) is 67.4 Å². The summed E-state index contributed by atoms with van der Waals surface area (Å²) in [6.07, 6.45) is 0.571. The molecule has 2 atom stereocenters. The number of thiophene rings is 1. The van der Waals surface area contributed by atoms with Crippen molar-refractivity contribution < 1.29 is 13.2 Å². The van der Waals surface area contributed by atoms with Gasteiger partial charge >= 0.3 is 0 Å². The van der Waals surface area contributed by atoms with Crippen LogP contribution in [0.3, 0.4) is 0 Å². The van der Waals surface area contributed by atoms with Gasteiger partial charge in [-0.1, -0.05) is 0 Å². The summed E-state index contributed by atoms with van der Waals surface area (Å²) in [6, 6.07) is 0. The number of aryl methyl sites for hydroxylation is 1. The molecule has 0 amide bonds. The average molecular weight is 318 g/mol. The van der Waals surface area contributed by atoms with Crippen LogP contribution in [0.25, 0.3) is 0 Å². The summed E-state index contributed by atoms with van der Waals surface area (Å²) < 4.78 is 33.8. The Bertz CT molecular complexity index is 582. The summed E-state index contributed by atoms with van der Waals surface area (Å²) >= 11 is 1.47. The Kier molecular flexibility index (Phi) is 4.56. The Balaban J connectivity index is 2.34. The standard InChI is InChI=1S/C13H22N2O3S2/c1-9-8-19-11(7-14-4)12(9)20(16,17)15-13(3)5-6-18-10(13)2/h8,10,14-15H,5-7H2,1-4H3. The highest BCUT2D eigenvalue weighted by Crippen LogP contribution is 2.31. The van der Waals surface area contributed by atoms with Gasteiger partial charge < -0.3 is 10.1 Å². The van der Waals surface area contributed by atoms with Crippen LogP contribution in [0.4, 0.5) is 0 Å². The highest BCUT2D eigenvalue weighted by Gasteiger charge is 2.41. The molecule has 0 radical (unpaired) electrons. The Labute approximate surface area is 124 Å². The first-order valence-corrected chi connectivity index (χ1v) is 9.03. The molecule has 1 aromatic rings. The molecule has 1 fully saturated rings. The van der Waals surface area contributed by atoms with Gasteiger partial charge in [0.25, 0.3) is 0 Å².